The summed E-state index contributed by atoms with van der Waals surface area (Å²) < 4.78 is 0. The summed E-state index contributed by atoms with van der Waals surface area (Å²) >= 11 is 0. The highest BCUT2D eigenvalue weighted by Crippen LogP contribution is 2.10. The molecule has 0 amide bonds. The lowest BCUT2D eigenvalue weighted by atomic mass is 10.2. The fraction of sp³-hybridized carbons (Fsp3) is 0.643. The van der Waals surface area contributed by atoms with Crippen LogP contribution in [0.2, 0.25) is 0 Å². The Kier molecular flexibility index (Phi) is 5.11. The number of nitrogens with zero attached hydrogens (tertiary/aromatic N) is 3. The molecule has 0 unspecified atom stereocenters. The second kappa shape index (κ2) is 6.83. The van der Waals surface area contributed by atoms with Crippen molar-refractivity contribution in [3.05, 3.63) is 29.6 Å². The minimum Gasteiger partial charge on any atom is -0.330 e. The first-order valence-corrected chi connectivity index (χ1v) is 6.85. The summed E-state index contributed by atoms with van der Waals surface area (Å²) in [4.78, 5) is 9.47. The number of aromatic nitrogens is 1. The third-order valence-corrected chi connectivity index (χ3v) is 3.63. The molecule has 4 nitrogen and oxygen atoms in total. The van der Waals surface area contributed by atoms with Gasteiger partial charge >= 0.3 is 0 Å². The minimum atomic E-state index is 0.799. The Morgan fingerprint density at radius 3 is 2.61 bits per heavy atom. The standard InChI is InChI=1S/C14H24N4/c1-13-4-2-6-16-14(13)12-18-10-8-17(9-11-18)7-3-5-15/h2,4,6H,3,5,7-12,15H2,1H3. The van der Waals surface area contributed by atoms with Crippen molar-refractivity contribution < 1.29 is 0 Å². The monoisotopic (exact) mass is 248 g/mol. The van der Waals surface area contributed by atoms with E-state index in [1.165, 1.54) is 11.3 Å². The number of rotatable bonds is 5. The molecule has 4 heteroatoms. The van der Waals surface area contributed by atoms with Crippen LogP contribution in [0.5, 0.6) is 0 Å². The fourth-order valence-corrected chi connectivity index (χ4v) is 2.38. The predicted molar refractivity (Wildman–Crippen MR) is 74.4 cm³/mol. The molecule has 0 bridgehead atoms. The van der Waals surface area contributed by atoms with Crippen LogP contribution in [0.4, 0.5) is 0 Å². The van der Waals surface area contributed by atoms with Crippen molar-refractivity contribution in [2.45, 2.75) is 19.9 Å². The van der Waals surface area contributed by atoms with Gasteiger partial charge in [-0.1, -0.05) is 6.07 Å². The van der Waals surface area contributed by atoms with Crippen LogP contribution in [0.25, 0.3) is 0 Å². The average molecular weight is 248 g/mol. The molecular formula is C14H24N4. The molecule has 1 fully saturated rings. The van der Waals surface area contributed by atoms with E-state index in [9.17, 15) is 0 Å². The summed E-state index contributed by atoms with van der Waals surface area (Å²) in [6.07, 6.45) is 3.00. The van der Waals surface area contributed by atoms with Gasteiger partial charge in [0.1, 0.15) is 0 Å². The molecule has 1 aliphatic rings. The number of piperazine rings is 1. The van der Waals surface area contributed by atoms with Crippen LogP contribution in [0, 0.1) is 6.92 Å². The van der Waals surface area contributed by atoms with Crippen LogP contribution >= 0.6 is 0 Å². The predicted octanol–water partition coefficient (Wildman–Crippen LogP) is 0.856. The molecule has 2 rings (SSSR count). The zero-order valence-corrected chi connectivity index (χ0v) is 11.3. The molecule has 2 heterocycles. The minimum absolute atomic E-state index is 0.799. The molecule has 1 aromatic rings. The van der Waals surface area contributed by atoms with Crippen LogP contribution < -0.4 is 5.73 Å². The molecule has 18 heavy (non-hydrogen) atoms. The Morgan fingerprint density at radius 2 is 1.94 bits per heavy atom. The summed E-state index contributed by atoms with van der Waals surface area (Å²) in [7, 11) is 0. The first kappa shape index (κ1) is 13.5. The fourth-order valence-electron chi connectivity index (χ4n) is 2.38. The number of aryl methyl sites for hydroxylation is 1. The van der Waals surface area contributed by atoms with E-state index in [2.05, 4.69) is 27.8 Å². The summed E-state index contributed by atoms with van der Waals surface area (Å²) in [5.74, 6) is 0. The zero-order chi connectivity index (χ0) is 12.8. The second-order valence-corrected chi connectivity index (χ2v) is 5.03. The molecule has 100 valence electrons. The van der Waals surface area contributed by atoms with Crippen molar-refractivity contribution in [2.75, 3.05) is 39.3 Å². The van der Waals surface area contributed by atoms with Gasteiger partial charge in [-0.05, 0) is 38.1 Å². The smallest absolute Gasteiger partial charge is 0.0573 e. The van der Waals surface area contributed by atoms with Gasteiger partial charge in [-0.25, -0.2) is 0 Å². The number of pyridine rings is 1. The van der Waals surface area contributed by atoms with E-state index < -0.39 is 0 Å². The van der Waals surface area contributed by atoms with Crippen molar-refractivity contribution in [1.82, 2.24) is 14.8 Å². The lowest BCUT2D eigenvalue weighted by molar-refractivity contribution is 0.125. The van der Waals surface area contributed by atoms with Gasteiger partial charge in [0.05, 0.1) is 5.69 Å². The van der Waals surface area contributed by atoms with Crippen molar-refractivity contribution >= 4 is 0 Å². The lowest BCUT2D eigenvalue weighted by Crippen LogP contribution is -2.46. The molecule has 0 atom stereocenters. The van der Waals surface area contributed by atoms with Gasteiger partial charge in [0, 0.05) is 38.9 Å². The van der Waals surface area contributed by atoms with Gasteiger partial charge in [0.2, 0.25) is 0 Å². The number of nitrogens with two attached hydrogens (primary N) is 1. The maximum atomic E-state index is 5.55. The second-order valence-electron chi connectivity index (χ2n) is 5.03. The van der Waals surface area contributed by atoms with Gasteiger partial charge in [0.25, 0.3) is 0 Å². The third-order valence-electron chi connectivity index (χ3n) is 3.63. The van der Waals surface area contributed by atoms with Crippen molar-refractivity contribution in [3.63, 3.8) is 0 Å². The van der Waals surface area contributed by atoms with Crippen LogP contribution in [-0.2, 0) is 6.54 Å². The van der Waals surface area contributed by atoms with Gasteiger partial charge in [-0.15, -0.1) is 0 Å². The molecule has 0 aromatic carbocycles. The molecule has 1 aliphatic heterocycles. The van der Waals surface area contributed by atoms with Gasteiger partial charge in [0.15, 0.2) is 0 Å². The molecule has 2 N–H and O–H groups in total. The SMILES string of the molecule is Cc1cccnc1CN1CCN(CCCN)CC1. The first-order valence-electron chi connectivity index (χ1n) is 6.85. The Bertz CT molecular complexity index is 359. The van der Waals surface area contributed by atoms with Crippen LogP contribution in [0.1, 0.15) is 17.7 Å². The maximum Gasteiger partial charge on any atom is 0.0573 e. The highest BCUT2D eigenvalue weighted by Gasteiger charge is 2.17. The van der Waals surface area contributed by atoms with Gasteiger partial charge < -0.3 is 10.6 Å². The molecule has 0 spiro atoms. The lowest BCUT2D eigenvalue weighted by Gasteiger charge is -2.34. The highest BCUT2D eigenvalue weighted by atomic mass is 15.3. The maximum absolute atomic E-state index is 5.55. The summed E-state index contributed by atoms with van der Waals surface area (Å²) in [5, 5.41) is 0. The van der Waals surface area contributed by atoms with E-state index in [0.717, 1.165) is 52.2 Å². The molecule has 1 saturated heterocycles. The van der Waals surface area contributed by atoms with E-state index >= 15 is 0 Å². The molecule has 1 aromatic heterocycles. The summed E-state index contributed by atoms with van der Waals surface area (Å²) in [6.45, 7) is 9.66. The van der Waals surface area contributed by atoms with E-state index in [-0.39, 0.29) is 0 Å². The topological polar surface area (TPSA) is 45.4 Å². The molecule has 0 aliphatic carbocycles. The zero-order valence-electron chi connectivity index (χ0n) is 11.3. The van der Waals surface area contributed by atoms with Crippen LogP contribution in [0.15, 0.2) is 18.3 Å². The van der Waals surface area contributed by atoms with Crippen LogP contribution in [-0.4, -0.2) is 54.1 Å². The largest absolute Gasteiger partial charge is 0.330 e. The Hall–Kier alpha value is -0.970. The van der Waals surface area contributed by atoms with Crippen molar-refractivity contribution in [1.29, 1.82) is 0 Å². The number of hydrogen-bond donors (Lipinski definition) is 1. The van der Waals surface area contributed by atoms with Crippen LogP contribution in [0.3, 0.4) is 0 Å². The van der Waals surface area contributed by atoms with Crippen molar-refractivity contribution in [3.8, 4) is 0 Å². The van der Waals surface area contributed by atoms with Gasteiger partial charge in [-0.3, -0.25) is 9.88 Å². The van der Waals surface area contributed by atoms with Gasteiger partial charge in [-0.2, -0.15) is 0 Å². The first-order chi connectivity index (χ1) is 8.79. The van der Waals surface area contributed by atoms with E-state index in [1.807, 2.05) is 12.3 Å². The highest BCUT2D eigenvalue weighted by molar-refractivity contribution is 5.17. The van der Waals surface area contributed by atoms with E-state index in [1.54, 1.807) is 0 Å². The quantitative estimate of drug-likeness (QED) is 0.839. The van der Waals surface area contributed by atoms with Crippen molar-refractivity contribution in [2.24, 2.45) is 5.73 Å². The normalized spacial score (nSPS) is 18.1. The Labute approximate surface area is 110 Å². The Morgan fingerprint density at radius 1 is 1.22 bits per heavy atom. The number of hydrogen-bond acceptors (Lipinski definition) is 4. The van der Waals surface area contributed by atoms with E-state index in [0.29, 0.717) is 0 Å². The van der Waals surface area contributed by atoms with E-state index in [4.69, 9.17) is 5.73 Å². The third kappa shape index (κ3) is 3.77. The molecule has 0 saturated carbocycles. The average Bonchev–Trinajstić information content (AvgIpc) is 2.41. The molecule has 0 radical (unpaired) electrons. The summed E-state index contributed by atoms with van der Waals surface area (Å²) in [5.41, 5.74) is 8.06. The molecular weight excluding hydrogens is 224 g/mol. The Balaban J connectivity index is 1.78. The summed E-state index contributed by atoms with van der Waals surface area (Å²) in [6, 6.07) is 4.14.